The molecule has 0 aliphatic heterocycles. The van der Waals surface area contributed by atoms with Gasteiger partial charge in [-0.2, -0.15) is 5.10 Å². The minimum Gasteiger partial charge on any atom is -0.496 e. The fourth-order valence-corrected chi connectivity index (χ4v) is 2.83. The maximum absolute atomic E-state index is 6.34. The second-order valence-corrected chi connectivity index (χ2v) is 5.72. The summed E-state index contributed by atoms with van der Waals surface area (Å²) < 4.78 is 7.26. The Kier molecular flexibility index (Phi) is 5.14. The van der Waals surface area contributed by atoms with Crippen molar-refractivity contribution in [3.8, 4) is 5.75 Å². The highest BCUT2D eigenvalue weighted by Crippen LogP contribution is 2.32. The molecule has 0 spiro atoms. The highest BCUT2D eigenvalue weighted by atomic mass is 35.5. The Morgan fingerprint density at radius 1 is 1.38 bits per heavy atom. The van der Waals surface area contributed by atoms with E-state index >= 15 is 0 Å². The van der Waals surface area contributed by atoms with Gasteiger partial charge in [-0.1, -0.05) is 29.3 Å². The quantitative estimate of drug-likeness (QED) is 0.912. The molecule has 1 aromatic heterocycles. The lowest BCUT2D eigenvalue weighted by Crippen LogP contribution is -2.21. The molecule has 6 heteroatoms. The zero-order valence-corrected chi connectivity index (χ0v) is 14.1. The summed E-state index contributed by atoms with van der Waals surface area (Å²) >= 11 is 12.4. The van der Waals surface area contributed by atoms with Crippen molar-refractivity contribution in [1.29, 1.82) is 0 Å². The number of halogens is 2. The number of rotatable bonds is 5. The molecule has 0 radical (unpaired) electrons. The van der Waals surface area contributed by atoms with Gasteiger partial charge in [0, 0.05) is 30.1 Å². The topological polar surface area (TPSA) is 39.1 Å². The number of benzene rings is 1. The van der Waals surface area contributed by atoms with Crippen molar-refractivity contribution in [1.82, 2.24) is 15.1 Å². The van der Waals surface area contributed by atoms with Crippen LogP contribution < -0.4 is 10.1 Å². The molecule has 2 aromatic rings. The van der Waals surface area contributed by atoms with Crippen LogP contribution in [0.15, 0.2) is 18.2 Å². The second kappa shape index (κ2) is 6.69. The van der Waals surface area contributed by atoms with Crippen molar-refractivity contribution in [2.75, 3.05) is 14.2 Å². The van der Waals surface area contributed by atoms with Crippen LogP contribution in [0.5, 0.6) is 5.75 Å². The van der Waals surface area contributed by atoms with E-state index in [0.29, 0.717) is 16.5 Å². The molecule has 21 heavy (non-hydrogen) atoms. The van der Waals surface area contributed by atoms with E-state index in [-0.39, 0.29) is 6.04 Å². The maximum atomic E-state index is 6.34. The molecule has 0 amide bonds. The van der Waals surface area contributed by atoms with Crippen LogP contribution in [0.3, 0.4) is 0 Å². The number of methoxy groups -OCH3 is 1. The fourth-order valence-electron chi connectivity index (χ4n) is 2.44. The highest BCUT2D eigenvalue weighted by Gasteiger charge is 2.20. The number of nitrogens with one attached hydrogen (secondary N) is 1. The summed E-state index contributed by atoms with van der Waals surface area (Å²) in [5, 5.41) is 9.02. The van der Waals surface area contributed by atoms with E-state index in [2.05, 4.69) is 10.4 Å². The van der Waals surface area contributed by atoms with Crippen molar-refractivity contribution < 1.29 is 4.74 Å². The molecular formula is C15H19Cl2N3O. The zero-order valence-electron chi connectivity index (χ0n) is 12.6. The number of ether oxygens (including phenoxy) is 1. The van der Waals surface area contributed by atoms with Gasteiger partial charge in [0.1, 0.15) is 5.75 Å². The minimum absolute atomic E-state index is 0.0597. The van der Waals surface area contributed by atoms with Gasteiger partial charge in [0.05, 0.1) is 23.5 Å². The largest absolute Gasteiger partial charge is 0.496 e. The van der Waals surface area contributed by atoms with Crippen LogP contribution in [-0.4, -0.2) is 23.9 Å². The third-order valence-corrected chi connectivity index (χ3v) is 4.31. The third kappa shape index (κ3) is 3.34. The van der Waals surface area contributed by atoms with Gasteiger partial charge in [-0.25, -0.2) is 0 Å². The SMILES string of the molecule is CNC(Cc1c(Cl)c(C)nn1C)c1ccc(Cl)cc1OC. The van der Waals surface area contributed by atoms with Gasteiger partial charge >= 0.3 is 0 Å². The summed E-state index contributed by atoms with van der Waals surface area (Å²) in [6, 6.07) is 5.71. The van der Waals surface area contributed by atoms with Crippen LogP contribution in [0.25, 0.3) is 0 Å². The van der Waals surface area contributed by atoms with Crippen LogP contribution in [-0.2, 0) is 13.5 Å². The third-order valence-electron chi connectivity index (χ3n) is 3.58. The molecule has 0 saturated carbocycles. The van der Waals surface area contributed by atoms with E-state index in [1.807, 2.05) is 43.9 Å². The molecule has 0 saturated heterocycles. The summed E-state index contributed by atoms with van der Waals surface area (Å²) in [4.78, 5) is 0. The van der Waals surface area contributed by atoms with Crippen molar-refractivity contribution in [3.63, 3.8) is 0 Å². The van der Waals surface area contributed by atoms with E-state index in [1.165, 1.54) is 0 Å². The molecule has 4 nitrogen and oxygen atoms in total. The molecule has 1 unspecified atom stereocenters. The number of nitrogens with zero attached hydrogens (tertiary/aromatic N) is 2. The van der Waals surface area contributed by atoms with Gasteiger partial charge in [-0.05, 0) is 26.1 Å². The smallest absolute Gasteiger partial charge is 0.125 e. The van der Waals surface area contributed by atoms with E-state index in [0.717, 1.165) is 22.7 Å². The highest BCUT2D eigenvalue weighted by molar-refractivity contribution is 6.32. The van der Waals surface area contributed by atoms with E-state index in [1.54, 1.807) is 7.11 Å². The molecule has 1 N–H and O–H groups in total. The fraction of sp³-hybridized carbons (Fsp3) is 0.400. The van der Waals surface area contributed by atoms with Crippen LogP contribution in [0.2, 0.25) is 10.0 Å². The average molecular weight is 328 g/mol. The molecular weight excluding hydrogens is 309 g/mol. The summed E-state index contributed by atoms with van der Waals surface area (Å²) in [6.45, 7) is 1.91. The van der Waals surface area contributed by atoms with Crippen molar-refractivity contribution in [2.45, 2.75) is 19.4 Å². The van der Waals surface area contributed by atoms with Gasteiger partial charge in [0.2, 0.25) is 0 Å². The molecule has 2 rings (SSSR count). The zero-order chi connectivity index (χ0) is 15.6. The lowest BCUT2D eigenvalue weighted by molar-refractivity contribution is 0.400. The summed E-state index contributed by atoms with van der Waals surface area (Å²) in [7, 11) is 5.46. The Bertz CT molecular complexity index is 640. The summed E-state index contributed by atoms with van der Waals surface area (Å²) in [6.07, 6.45) is 0.713. The lowest BCUT2D eigenvalue weighted by Gasteiger charge is -2.20. The van der Waals surface area contributed by atoms with E-state index in [9.17, 15) is 0 Å². The van der Waals surface area contributed by atoms with Crippen molar-refractivity contribution in [3.05, 3.63) is 45.2 Å². The Balaban J connectivity index is 2.36. The van der Waals surface area contributed by atoms with Gasteiger partial charge in [-0.15, -0.1) is 0 Å². The molecule has 0 aliphatic carbocycles. The number of likely N-dealkylation sites (N-methyl/N-ethyl adjacent to an activating group) is 1. The molecule has 1 atom stereocenters. The molecule has 1 heterocycles. The monoisotopic (exact) mass is 327 g/mol. The number of hydrogen-bond donors (Lipinski definition) is 1. The van der Waals surface area contributed by atoms with Crippen molar-refractivity contribution in [2.24, 2.45) is 7.05 Å². The van der Waals surface area contributed by atoms with Gasteiger partial charge < -0.3 is 10.1 Å². The van der Waals surface area contributed by atoms with Crippen molar-refractivity contribution >= 4 is 23.2 Å². The number of hydrogen-bond acceptors (Lipinski definition) is 3. The Hall–Kier alpha value is -1.23. The molecule has 0 bridgehead atoms. The van der Waals surface area contributed by atoms with Crippen LogP contribution in [0.1, 0.15) is 23.0 Å². The predicted octanol–water partition coefficient (Wildman–Crippen LogP) is 3.55. The first-order valence-corrected chi connectivity index (χ1v) is 7.42. The molecule has 114 valence electrons. The van der Waals surface area contributed by atoms with Gasteiger partial charge in [-0.3, -0.25) is 4.68 Å². The van der Waals surface area contributed by atoms with Crippen LogP contribution in [0, 0.1) is 6.92 Å². The molecule has 0 aliphatic rings. The van der Waals surface area contributed by atoms with Crippen LogP contribution in [0.4, 0.5) is 0 Å². The van der Waals surface area contributed by atoms with Gasteiger partial charge in [0.15, 0.2) is 0 Å². The first-order chi connectivity index (χ1) is 9.97. The summed E-state index contributed by atoms with van der Waals surface area (Å²) in [5.41, 5.74) is 2.87. The molecule has 0 fully saturated rings. The maximum Gasteiger partial charge on any atom is 0.125 e. The Morgan fingerprint density at radius 3 is 2.62 bits per heavy atom. The first-order valence-electron chi connectivity index (χ1n) is 6.66. The van der Waals surface area contributed by atoms with E-state index < -0.39 is 0 Å². The summed E-state index contributed by atoms with van der Waals surface area (Å²) in [5.74, 6) is 0.761. The normalized spacial score (nSPS) is 12.5. The van der Waals surface area contributed by atoms with E-state index in [4.69, 9.17) is 27.9 Å². The van der Waals surface area contributed by atoms with Gasteiger partial charge in [0.25, 0.3) is 0 Å². The Labute approximate surface area is 135 Å². The second-order valence-electron chi connectivity index (χ2n) is 4.90. The number of aryl methyl sites for hydroxylation is 2. The number of aromatic nitrogens is 2. The molecule has 1 aromatic carbocycles. The Morgan fingerprint density at radius 2 is 2.10 bits per heavy atom. The average Bonchev–Trinajstić information content (AvgIpc) is 2.70. The first kappa shape index (κ1) is 16.1. The lowest BCUT2D eigenvalue weighted by atomic mass is 10.0. The predicted molar refractivity (Wildman–Crippen MR) is 86.5 cm³/mol. The standard InChI is InChI=1S/C15H19Cl2N3O/c1-9-15(17)13(20(3)19-9)8-12(18-2)11-6-5-10(16)7-14(11)21-4/h5-7,12,18H,8H2,1-4H3. The van der Waals surface area contributed by atoms with Crippen LogP contribution >= 0.6 is 23.2 Å². The minimum atomic E-state index is 0.0597.